The number of benzene rings is 1. The van der Waals surface area contributed by atoms with E-state index in [1.165, 1.54) is 11.9 Å². The molecule has 0 amide bonds. The average Bonchev–Trinajstić information content (AvgIpc) is 2.47. The zero-order valence-electron chi connectivity index (χ0n) is 12.2. The number of nitrogens with one attached hydrogen (secondary N) is 1. The summed E-state index contributed by atoms with van der Waals surface area (Å²) in [4.78, 5) is 10.7. The molecule has 3 N–H and O–H groups in total. The molecular weight excluding hydrogens is 250 g/mol. The van der Waals surface area contributed by atoms with Gasteiger partial charge < -0.3 is 10.3 Å². The van der Waals surface area contributed by atoms with Crippen LogP contribution in [0, 0.1) is 6.92 Å². The van der Waals surface area contributed by atoms with Crippen LogP contribution in [0.4, 0.5) is 17.3 Å². The van der Waals surface area contributed by atoms with E-state index in [0.29, 0.717) is 5.82 Å². The topological polar surface area (TPSA) is 67.1 Å². The predicted octanol–water partition coefficient (Wildman–Crippen LogP) is 2.79. The summed E-state index contributed by atoms with van der Waals surface area (Å²) in [6, 6.07) is 8.33. The predicted molar refractivity (Wildman–Crippen MR) is 83.1 cm³/mol. The molecule has 0 radical (unpaired) electrons. The third kappa shape index (κ3) is 2.88. The Balaban J connectivity index is 2.45. The Labute approximate surface area is 119 Å². The highest BCUT2D eigenvalue weighted by molar-refractivity contribution is 5.67. The van der Waals surface area contributed by atoms with E-state index >= 15 is 0 Å². The largest absolute Gasteiger partial charge is 0.329 e. The number of nitrogens with two attached hydrogens (primary N) is 1. The Morgan fingerprint density at radius 2 is 2.10 bits per heavy atom. The number of nitrogens with zero attached hydrogens (tertiary/aromatic N) is 3. The molecule has 0 aliphatic rings. The van der Waals surface area contributed by atoms with Crippen LogP contribution in [0.25, 0.3) is 0 Å². The van der Waals surface area contributed by atoms with E-state index in [1.807, 2.05) is 13.1 Å². The molecular formula is C15H21N5. The number of hydrogen-bond donors (Lipinski definition) is 2. The molecule has 106 valence electrons. The third-order valence-electron chi connectivity index (χ3n) is 3.27. The molecule has 5 heteroatoms. The highest BCUT2D eigenvalue weighted by Gasteiger charge is 2.15. The van der Waals surface area contributed by atoms with Crippen molar-refractivity contribution < 1.29 is 0 Å². The van der Waals surface area contributed by atoms with E-state index < -0.39 is 0 Å². The maximum atomic E-state index is 5.55. The molecule has 1 aromatic carbocycles. The van der Waals surface area contributed by atoms with Crippen LogP contribution in [-0.4, -0.2) is 17.0 Å². The van der Waals surface area contributed by atoms with E-state index in [-0.39, 0.29) is 0 Å². The average molecular weight is 271 g/mol. The van der Waals surface area contributed by atoms with Gasteiger partial charge in [0.25, 0.3) is 0 Å². The van der Waals surface area contributed by atoms with Crippen molar-refractivity contribution in [2.45, 2.75) is 26.7 Å². The van der Waals surface area contributed by atoms with Crippen LogP contribution in [0.15, 0.2) is 30.6 Å². The van der Waals surface area contributed by atoms with Crippen LogP contribution >= 0.6 is 0 Å². The molecule has 1 heterocycles. The molecule has 0 spiro atoms. The Hall–Kier alpha value is -2.14. The van der Waals surface area contributed by atoms with Gasteiger partial charge in [0.2, 0.25) is 0 Å². The summed E-state index contributed by atoms with van der Waals surface area (Å²) < 4.78 is 0. The number of aryl methyl sites for hydroxylation is 1. The lowest BCUT2D eigenvalue weighted by Crippen LogP contribution is -2.18. The molecule has 0 saturated carbocycles. The van der Waals surface area contributed by atoms with Gasteiger partial charge in [-0.2, -0.15) is 0 Å². The highest BCUT2D eigenvalue weighted by Crippen LogP contribution is 2.29. The molecule has 0 unspecified atom stereocenters. The van der Waals surface area contributed by atoms with Crippen molar-refractivity contribution in [1.29, 1.82) is 0 Å². The minimum Gasteiger partial charge on any atom is -0.329 e. The summed E-state index contributed by atoms with van der Waals surface area (Å²) in [7, 11) is 2.01. The normalized spacial score (nSPS) is 10.4. The van der Waals surface area contributed by atoms with E-state index in [2.05, 4.69) is 52.3 Å². The van der Waals surface area contributed by atoms with Crippen molar-refractivity contribution in [2.24, 2.45) is 5.84 Å². The standard InChI is InChI=1S/C15H21N5/c1-4-6-13-14(19-16)17-10-18-15(13)20(3)12-8-5-7-11(2)9-12/h5,7-10H,4,6,16H2,1-3H3,(H,17,18,19). The van der Waals surface area contributed by atoms with Gasteiger partial charge in [-0.25, -0.2) is 15.8 Å². The summed E-state index contributed by atoms with van der Waals surface area (Å²) in [5.41, 5.74) is 6.02. The van der Waals surface area contributed by atoms with Crippen molar-refractivity contribution in [3.8, 4) is 0 Å². The smallest absolute Gasteiger partial charge is 0.148 e. The summed E-state index contributed by atoms with van der Waals surface area (Å²) in [6.07, 6.45) is 3.43. The third-order valence-corrected chi connectivity index (χ3v) is 3.27. The zero-order chi connectivity index (χ0) is 14.5. The Morgan fingerprint density at radius 1 is 1.30 bits per heavy atom. The van der Waals surface area contributed by atoms with Crippen LogP contribution in [0.5, 0.6) is 0 Å². The number of hydrazine groups is 1. The Morgan fingerprint density at radius 3 is 2.75 bits per heavy atom. The van der Waals surface area contributed by atoms with Crippen LogP contribution in [0.1, 0.15) is 24.5 Å². The van der Waals surface area contributed by atoms with E-state index in [0.717, 1.165) is 29.9 Å². The number of rotatable bonds is 5. The van der Waals surface area contributed by atoms with Crippen molar-refractivity contribution in [3.63, 3.8) is 0 Å². The minimum absolute atomic E-state index is 0.691. The lowest BCUT2D eigenvalue weighted by atomic mass is 10.1. The molecule has 0 saturated heterocycles. The first kappa shape index (κ1) is 14.3. The summed E-state index contributed by atoms with van der Waals surface area (Å²) in [6.45, 7) is 4.21. The Kier molecular flexibility index (Phi) is 4.53. The first-order valence-electron chi connectivity index (χ1n) is 6.78. The second-order valence-electron chi connectivity index (χ2n) is 4.82. The van der Waals surface area contributed by atoms with Crippen molar-refractivity contribution in [3.05, 3.63) is 41.7 Å². The van der Waals surface area contributed by atoms with Crippen LogP contribution in [-0.2, 0) is 6.42 Å². The lowest BCUT2D eigenvalue weighted by Gasteiger charge is -2.22. The monoisotopic (exact) mass is 271 g/mol. The molecule has 0 bridgehead atoms. The number of aromatic nitrogens is 2. The van der Waals surface area contributed by atoms with Gasteiger partial charge in [-0.1, -0.05) is 25.5 Å². The zero-order valence-corrected chi connectivity index (χ0v) is 12.2. The van der Waals surface area contributed by atoms with Gasteiger partial charge in [0.15, 0.2) is 0 Å². The van der Waals surface area contributed by atoms with Gasteiger partial charge in [-0.05, 0) is 31.0 Å². The van der Waals surface area contributed by atoms with Gasteiger partial charge in [0.05, 0.1) is 0 Å². The minimum atomic E-state index is 0.691. The summed E-state index contributed by atoms with van der Waals surface area (Å²) in [5.74, 6) is 7.13. The molecule has 1 aromatic heterocycles. The number of hydrogen-bond acceptors (Lipinski definition) is 5. The maximum absolute atomic E-state index is 5.55. The van der Waals surface area contributed by atoms with Crippen LogP contribution in [0.2, 0.25) is 0 Å². The van der Waals surface area contributed by atoms with E-state index in [9.17, 15) is 0 Å². The fourth-order valence-electron chi connectivity index (χ4n) is 2.26. The van der Waals surface area contributed by atoms with E-state index in [4.69, 9.17) is 5.84 Å². The molecule has 2 aromatic rings. The SMILES string of the molecule is CCCc1c(NN)ncnc1N(C)c1cccc(C)c1. The lowest BCUT2D eigenvalue weighted by molar-refractivity contribution is 0.891. The van der Waals surface area contributed by atoms with Crippen LogP contribution in [0.3, 0.4) is 0 Å². The van der Waals surface area contributed by atoms with Gasteiger partial charge in [-0.3, -0.25) is 0 Å². The second-order valence-corrected chi connectivity index (χ2v) is 4.82. The van der Waals surface area contributed by atoms with Gasteiger partial charge in [-0.15, -0.1) is 0 Å². The van der Waals surface area contributed by atoms with Crippen molar-refractivity contribution in [2.75, 3.05) is 17.4 Å². The van der Waals surface area contributed by atoms with Gasteiger partial charge in [0, 0.05) is 18.3 Å². The number of anilines is 3. The quantitative estimate of drug-likeness (QED) is 0.646. The van der Waals surface area contributed by atoms with Gasteiger partial charge in [0.1, 0.15) is 18.0 Å². The van der Waals surface area contributed by atoms with Crippen molar-refractivity contribution in [1.82, 2.24) is 9.97 Å². The maximum Gasteiger partial charge on any atom is 0.148 e. The first-order valence-corrected chi connectivity index (χ1v) is 6.78. The van der Waals surface area contributed by atoms with Gasteiger partial charge >= 0.3 is 0 Å². The highest BCUT2D eigenvalue weighted by atomic mass is 15.3. The molecule has 0 aliphatic carbocycles. The van der Waals surface area contributed by atoms with Crippen LogP contribution < -0.4 is 16.2 Å². The molecule has 2 rings (SSSR count). The molecule has 0 fully saturated rings. The Bertz CT molecular complexity index is 582. The molecule has 5 nitrogen and oxygen atoms in total. The molecule has 0 atom stereocenters. The molecule has 20 heavy (non-hydrogen) atoms. The first-order chi connectivity index (χ1) is 9.67. The second kappa shape index (κ2) is 6.34. The van der Waals surface area contributed by atoms with E-state index in [1.54, 1.807) is 0 Å². The fourth-order valence-corrected chi connectivity index (χ4v) is 2.26. The fraction of sp³-hybridized carbons (Fsp3) is 0.333. The van der Waals surface area contributed by atoms with Crippen molar-refractivity contribution >= 4 is 17.3 Å². The summed E-state index contributed by atoms with van der Waals surface area (Å²) >= 11 is 0. The number of nitrogen functional groups attached to an aromatic ring is 1. The molecule has 0 aliphatic heterocycles. The summed E-state index contributed by atoms with van der Waals surface area (Å²) in [5, 5.41) is 0.